The minimum Gasteiger partial charge on any atom is -0.333 e. The number of halogens is 1. The van der Waals surface area contributed by atoms with Gasteiger partial charge in [-0.1, -0.05) is 12.1 Å². The van der Waals surface area contributed by atoms with Gasteiger partial charge in [-0.05, 0) is 49.7 Å². The number of nitrogens with zero attached hydrogens (tertiary/aromatic N) is 1. The van der Waals surface area contributed by atoms with Crippen molar-refractivity contribution in [2.75, 3.05) is 38.0 Å². The molecule has 0 aromatic heterocycles. The molecule has 0 saturated carbocycles. The average molecular weight is 407 g/mol. The van der Waals surface area contributed by atoms with Crippen LogP contribution in [0.3, 0.4) is 0 Å². The Bertz CT molecular complexity index is 970. The zero-order valence-corrected chi connectivity index (χ0v) is 16.9. The molecule has 3 rings (SSSR count). The SMILES string of the molecule is CC[NH+]1CCN(S(=O)(=O)c2cc(C(=O)Nc3cccc(C)c3)ccc2F)CC1. The zero-order chi connectivity index (χ0) is 20.3. The molecule has 1 aliphatic rings. The van der Waals surface area contributed by atoms with Crippen LogP contribution in [-0.4, -0.2) is 51.4 Å². The second-order valence-electron chi connectivity index (χ2n) is 6.98. The van der Waals surface area contributed by atoms with Crippen molar-refractivity contribution in [2.24, 2.45) is 0 Å². The number of carbonyl (C=O) groups excluding carboxylic acids is 1. The molecule has 1 aliphatic heterocycles. The van der Waals surface area contributed by atoms with E-state index < -0.39 is 26.6 Å². The maximum Gasteiger partial charge on any atom is 0.255 e. The number of likely N-dealkylation sites (N-methyl/N-ethyl adjacent to an activating group) is 1. The molecule has 150 valence electrons. The van der Waals surface area contributed by atoms with E-state index in [-0.39, 0.29) is 5.56 Å². The zero-order valence-electron chi connectivity index (χ0n) is 16.0. The first-order valence-corrected chi connectivity index (χ1v) is 10.8. The van der Waals surface area contributed by atoms with Gasteiger partial charge in [0.25, 0.3) is 5.91 Å². The largest absolute Gasteiger partial charge is 0.333 e. The first-order valence-electron chi connectivity index (χ1n) is 9.32. The third-order valence-electron chi connectivity index (χ3n) is 5.02. The van der Waals surface area contributed by atoms with Gasteiger partial charge < -0.3 is 10.2 Å². The number of hydrogen-bond acceptors (Lipinski definition) is 3. The molecule has 0 atom stereocenters. The third-order valence-corrected chi connectivity index (χ3v) is 6.93. The number of quaternary nitrogens is 1. The first kappa shape index (κ1) is 20.4. The van der Waals surface area contributed by atoms with Gasteiger partial charge >= 0.3 is 0 Å². The Labute approximate surface area is 165 Å². The molecule has 0 aliphatic carbocycles. The van der Waals surface area contributed by atoms with Crippen molar-refractivity contribution in [3.05, 3.63) is 59.4 Å². The van der Waals surface area contributed by atoms with Crippen LogP contribution < -0.4 is 10.2 Å². The number of piperazine rings is 1. The second-order valence-corrected chi connectivity index (χ2v) is 8.88. The van der Waals surface area contributed by atoms with E-state index in [4.69, 9.17) is 0 Å². The standard InChI is InChI=1S/C20H24FN3O3S/c1-3-23-9-11-24(12-10-23)28(26,27)19-14-16(7-8-18(19)21)20(25)22-17-6-4-5-15(2)13-17/h4-8,13-14H,3,9-12H2,1-2H3,(H,22,25)/p+1. The molecule has 2 aromatic carbocycles. The lowest BCUT2D eigenvalue weighted by Crippen LogP contribution is -3.14. The molecule has 2 aromatic rings. The van der Waals surface area contributed by atoms with Gasteiger partial charge in [-0.3, -0.25) is 4.79 Å². The summed E-state index contributed by atoms with van der Waals surface area (Å²) < 4.78 is 41.5. The van der Waals surface area contributed by atoms with E-state index in [2.05, 4.69) is 12.2 Å². The first-order chi connectivity index (χ1) is 13.3. The summed E-state index contributed by atoms with van der Waals surface area (Å²) in [5.41, 5.74) is 1.67. The molecule has 1 amide bonds. The van der Waals surface area contributed by atoms with Crippen LogP contribution in [-0.2, 0) is 10.0 Å². The topological polar surface area (TPSA) is 70.9 Å². The van der Waals surface area contributed by atoms with Gasteiger partial charge in [0.05, 0.1) is 32.7 Å². The van der Waals surface area contributed by atoms with Crippen molar-refractivity contribution in [3.8, 4) is 0 Å². The van der Waals surface area contributed by atoms with Crippen LogP contribution in [0.5, 0.6) is 0 Å². The highest BCUT2D eigenvalue weighted by molar-refractivity contribution is 7.89. The Morgan fingerprint density at radius 1 is 1.18 bits per heavy atom. The van der Waals surface area contributed by atoms with E-state index in [0.29, 0.717) is 31.9 Å². The highest BCUT2D eigenvalue weighted by atomic mass is 32.2. The lowest BCUT2D eigenvalue weighted by molar-refractivity contribution is -0.901. The van der Waals surface area contributed by atoms with Crippen LogP contribution in [0, 0.1) is 12.7 Å². The minimum absolute atomic E-state index is 0.0966. The predicted molar refractivity (Wildman–Crippen MR) is 106 cm³/mol. The Morgan fingerprint density at radius 2 is 1.89 bits per heavy atom. The number of nitrogens with one attached hydrogen (secondary N) is 2. The van der Waals surface area contributed by atoms with Crippen molar-refractivity contribution in [3.63, 3.8) is 0 Å². The Balaban J connectivity index is 1.83. The Hall–Kier alpha value is -2.29. The van der Waals surface area contributed by atoms with Gasteiger partial charge in [-0.2, -0.15) is 4.31 Å². The van der Waals surface area contributed by atoms with Gasteiger partial charge in [0.1, 0.15) is 10.7 Å². The Morgan fingerprint density at radius 3 is 2.54 bits per heavy atom. The van der Waals surface area contributed by atoms with Crippen LogP contribution in [0.15, 0.2) is 47.4 Å². The van der Waals surface area contributed by atoms with E-state index in [1.54, 1.807) is 12.1 Å². The minimum atomic E-state index is -3.99. The summed E-state index contributed by atoms with van der Waals surface area (Å²) in [7, 11) is -3.99. The smallest absolute Gasteiger partial charge is 0.255 e. The van der Waals surface area contributed by atoms with E-state index >= 15 is 0 Å². The van der Waals surface area contributed by atoms with E-state index in [1.165, 1.54) is 15.3 Å². The van der Waals surface area contributed by atoms with Crippen molar-refractivity contribution in [1.29, 1.82) is 0 Å². The fraction of sp³-hybridized carbons (Fsp3) is 0.350. The van der Waals surface area contributed by atoms with Crippen molar-refractivity contribution in [2.45, 2.75) is 18.7 Å². The molecule has 1 saturated heterocycles. The van der Waals surface area contributed by atoms with Crippen molar-refractivity contribution < 1.29 is 22.5 Å². The monoisotopic (exact) mass is 406 g/mol. The molecule has 1 heterocycles. The van der Waals surface area contributed by atoms with Gasteiger partial charge in [0.15, 0.2) is 0 Å². The highest BCUT2D eigenvalue weighted by Gasteiger charge is 2.32. The van der Waals surface area contributed by atoms with Crippen molar-refractivity contribution in [1.82, 2.24) is 4.31 Å². The maximum atomic E-state index is 14.4. The van der Waals surface area contributed by atoms with Gasteiger partial charge in [-0.25, -0.2) is 12.8 Å². The van der Waals surface area contributed by atoms with E-state index in [9.17, 15) is 17.6 Å². The molecule has 0 unspecified atom stereocenters. The van der Waals surface area contributed by atoms with Gasteiger partial charge in [-0.15, -0.1) is 0 Å². The maximum absolute atomic E-state index is 14.4. The van der Waals surface area contributed by atoms with Crippen LogP contribution in [0.4, 0.5) is 10.1 Å². The van der Waals surface area contributed by atoms with E-state index in [1.807, 2.05) is 19.1 Å². The molecule has 2 N–H and O–H groups in total. The molecule has 28 heavy (non-hydrogen) atoms. The fourth-order valence-electron chi connectivity index (χ4n) is 3.30. The summed E-state index contributed by atoms with van der Waals surface area (Å²) in [6.07, 6.45) is 0. The number of rotatable bonds is 5. The number of amides is 1. The number of anilines is 1. The highest BCUT2D eigenvalue weighted by Crippen LogP contribution is 2.22. The van der Waals surface area contributed by atoms with Crippen LogP contribution in [0.1, 0.15) is 22.8 Å². The summed E-state index contributed by atoms with van der Waals surface area (Å²) in [6.45, 7) is 6.93. The summed E-state index contributed by atoms with van der Waals surface area (Å²) in [5.74, 6) is -1.33. The van der Waals surface area contributed by atoms with Crippen LogP contribution in [0.2, 0.25) is 0 Å². The molecule has 6 nitrogen and oxygen atoms in total. The molecular formula is C20H25FN3O3S+. The Kier molecular flexibility index (Phi) is 6.12. The number of aryl methyl sites for hydroxylation is 1. The molecule has 0 radical (unpaired) electrons. The van der Waals surface area contributed by atoms with Gasteiger partial charge in [0.2, 0.25) is 10.0 Å². The lowest BCUT2D eigenvalue weighted by Gasteiger charge is -2.31. The number of carbonyl (C=O) groups is 1. The number of sulfonamides is 1. The summed E-state index contributed by atoms with van der Waals surface area (Å²) in [5, 5.41) is 2.72. The van der Waals surface area contributed by atoms with Crippen molar-refractivity contribution >= 4 is 21.6 Å². The molecule has 1 fully saturated rings. The number of benzene rings is 2. The number of hydrogen-bond donors (Lipinski definition) is 2. The van der Waals surface area contributed by atoms with Crippen LogP contribution >= 0.6 is 0 Å². The molecule has 0 spiro atoms. The third kappa shape index (κ3) is 4.40. The molecular weight excluding hydrogens is 381 g/mol. The average Bonchev–Trinajstić information content (AvgIpc) is 2.68. The molecule has 8 heteroatoms. The van der Waals surface area contributed by atoms with Crippen LogP contribution in [0.25, 0.3) is 0 Å². The summed E-state index contributed by atoms with van der Waals surface area (Å²) in [4.78, 5) is 13.4. The quantitative estimate of drug-likeness (QED) is 0.786. The predicted octanol–water partition coefficient (Wildman–Crippen LogP) is 1.30. The summed E-state index contributed by atoms with van der Waals surface area (Å²) >= 11 is 0. The van der Waals surface area contributed by atoms with E-state index in [0.717, 1.165) is 24.2 Å². The normalized spacial score (nSPS) is 16.1. The molecule has 0 bridgehead atoms. The lowest BCUT2D eigenvalue weighted by atomic mass is 10.2. The van der Waals surface area contributed by atoms with Gasteiger partial charge in [0, 0.05) is 11.3 Å². The summed E-state index contributed by atoms with van der Waals surface area (Å²) in [6, 6.07) is 10.7. The fourth-order valence-corrected chi connectivity index (χ4v) is 4.84. The second kappa shape index (κ2) is 8.38.